The van der Waals surface area contributed by atoms with Gasteiger partial charge in [0.2, 0.25) is 0 Å². The van der Waals surface area contributed by atoms with E-state index in [4.69, 9.17) is 0 Å². The Morgan fingerprint density at radius 1 is 1.40 bits per heavy atom. The number of hydrogen-bond donors (Lipinski definition) is 1. The van der Waals surface area contributed by atoms with Crippen LogP contribution in [0.15, 0.2) is 34.0 Å². The highest BCUT2D eigenvalue weighted by atomic mass is 19.1. The molecular formula is C12H10FN3O4. The summed E-state index contributed by atoms with van der Waals surface area (Å²) < 4.78 is 14.1. The van der Waals surface area contributed by atoms with Crippen molar-refractivity contribution in [3.8, 4) is 0 Å². The van der Waals surface area contributed by atoms with E-state index in [1.54, 1.807) is 6.92 Å². The number of nitro groups is 1. The molecule has 0 saturated carbocycles. The highest BCUT2D eigenvalue weighted by Gasteiger charge is 2.15. The lowest BCUT2D eigenvalue weighted by atomic mass is 10.1. The Morgan fingerprint density at radius 3 is 2.75 bits per heavy atom. The van der Waals surface area contributed by atoms with Gasteiger partial charge in [-0.25, -0.2) is 9.18 Å². The fraction of sp³-hybridized carbons (Fsp3) is 0.167. The van der Waals surface area contributed by atoms with Crippen LogP contribution in [-0.4, -0.2) is 14.5 Å². The van der Waals surface area contributed by atoms with Gasteiger partial charge in [-0.05, 0) is 30.2 Å². The number of hydrogen-bond acceptors (Lipinski definition) is 4. The van der Waals surface area contributed by atoms with Gasteiger partial charge < -0.3 is 0 Å². The Balaban J connectivity index is 2.51. The summed E-state index contributed by atoms with van der Waals surface area (Å²) >= 11 is 0. The van der Waals surface area contributed by atoms with Crippen LogP contribution in [-0.2, 0) is 6.54 Å². The van der Waals surface area contributed by atoms with E-state index in [-0.39, 0.29) is 6.54 Å². The summed E-state index contributed by atoms with van der Waals surface area (Å²) in [7, 11) is 0. The second kappa shape index (κ2) is 5.08. The molecule has 2 rings (SSSR count). The van der Waals surface area contributed by atoms with Crippen molar-refractivity contribution in [3.05, 3.63) is 72.3 Å². The van der Waals surface area contributed by atoms with Crippen molar-refractivity contribution in [1.29, 1.82) is 0 Å². The molecule has 0 bridgehead atoms. The highest BCUT2D eigenvalue weighted by molar-refractivity contribution is 5.28. The second-order valence-electron chi connectivity index (χ2n) is 4.23. The van der Waals surface area contributed by atoms with Gasteiger partial charge in [0.05, 0.1) is 17.7 Å². The van der Waals surface area contributed by atoms with Crippen molar-refractivity contribution in [2.75, 3.05) is 0 Å². The van der Waals surface area contributed by atoms with Crippen LogP contribution < -0.4 is 11.2 Å². The first-order valence-corrected chi connectivity index (χ1v) is 5.61. The minimum Gasteiger partial charge on any atom is -0.289 e. The van der Waals surface area contributed by atoms with Gasteiger partial charge in [-0.1, -0.05) is 6.07 Å². The number of nitrogens with one attached hydrogen (secondary N) is 1. The molecule has 2 aromatic rings. The third kappa shape index (κ3) is 2.63. The third-order valence-corrected chi connectivity index (χ3v) is 2.84. The molecule has 0 atom stereocenters. The molecule has 1 aromatic heterocycles. The van der Waals surface area contributed by atoms with E-state index in [0.29, 0.717) is 5.56 Å². The summed E-state index contributed by atoms with van der Waals surface area (Å²) in [5, 5.41) is 10.7. The van der Waals surface area contributed by atoms with Crippen LogP contribution in [0.5, 0.6) is 0 Å². The average Bonchev–Trinajstić information content (AvgIpc) is 2.36. The molecule has 104 valence electrons. The molecule has 0 aliphatic carbocycles. The number of aromatic nitrogens is 2. The predicted molar refractivity (Wildman–Crippen MR) is 68.2 cm³/mol. The molecule has 0 amide bonds. The monoisotopic (exact) mass is 279 g/mol. The maximum Gasteiger partial charge on any atom is 0.350 e. The van der Waals surface area contributed by atoms with Crippen LogP contribution in [0.25, 0.3) is 0 Å². The van der Waals surface area contributed by atoms with Gasteiger partial charge in [0.25, 0.3) is 0 Å². The van der Waals surface area contributed by atoms with Crippen LogP contribution in [0.4, 0.5) is 10.1 Å². The number of nitrogens with zero attached hydrogens (tertiary/aromatic N) is 2. The second-order valence-corrected chi connectivity index (χ2v) is 4.23. The minimum atomic E-state index is -1.06. The van der Waals surface area contributed by atoms with E-state index in [0.717, 1.165) is 16.3 Å². The number of rotatable bonds is 3. The van der Waals surface area contributed by atoms with Gasteiger partial charge >= 0.3 is 16.9 Å². The van der Waals surface area contributed by atoms with Gasteiger partial charge in [-0.15, -0.1) is 0 Å². The van der Waals surface area contributed by atoms with Crippen LogP contribution in [0.3, 0.4) is 0 Å². The zero-order chi connectivity index (χ0) is 14.9. The largest absolute Gasteiger partial charge is 0.350 e. The molecule has 0 spiro atoms. The van der Waals surface area contributed by atoms with E-state index in [2.05, 4.69) is 0 Å². The first kappa shape index (κ1) is 13.7. The van der Waals surface area contributed by atoms with Crippen molar-refractivity contribution in [2.24, 2.45) is 0 Å². The highest BCUT2D eigenvalue weighted by Crippen LogP contribution is 2.11. The zero-order valence-electron chi connectivity index (χ0n) is 10.4. The topological polar surface area (TPSA) is 98.0 Å². The molecule has 20 heavy (non-hydrogen) atoms. The van der Waals surface area contributed by atoms with Crippen molar-refractivity contribution in [1.82, 2.24) is 9.55 Å². The van der Waals surface area contributed by atoms with Crippen molar-refractivity contribution in [3.63, 3.8) is 0 Å². The fourth-order valence-electron chi connectivity index (χ4n) is 1.74. The number of H-pyrrole nitrogens is 1. The Hall–Kier alpha value is -2.77. The van der Waals surface area contributed by atoms with Crippen molar-refractivity contribution in [2.45, 2.75) is 13.5 Å². The smallest absolute Gasteiger partial charge is 0.289 e. The van der Waals surface area contributed by atoms with Gasteiger partial charge in [-0.2, -0.15) is 0 Å². The minimum absolute atomic E-state index is 0.0694. The first-order valence-electron chi connectivity index (χ1n) is 5.61. The molecule has 0 fully saturated rings. The Kier molecular flexibility index (Phi) is 3.47. The molecule has 0 radical (unpaired) electrons. The molecule has 7 nitrogen and oxygen atoms in total. The summed E-state index contributed by atoms with van der Waals surface area (Å²) in [4.78, 5) is 34.5. The van der Waals surface area contributed by atoms with Crippen molar-refractivity contribution < 1.29 is 9.31 Å². The number of aryl methyl sites for hydroxylation is 1. The number of aromatic amines is 1. The molecule has 8 heteroatoms. The van der Waals surface area contributed by atoms with Gasteiger partial charge in [0.15, 0.2) is 0 Å². The summed E-state index contributed by atoms with van der Waals surface area (Å²) in [6, 6.07) is 4.05. The lowest BCUT2D eigenvalue weighted by Gasteiger charge is -2.08. The zero-order valence-corrected chi connectivity index (χ0v) is 10.4. The average molecular weight is 279 g/mol. The molecule has 1 heterocycles. The van der Waals surface area contributed by atoms with Crippen molar-refractivity contribution >= 4 is 5.69 Å². The molecule has 0 unspecified atom stereocenters. The summed E-state index contributed by atoms with van der Waals surface area (Å²) in [5.74, 6) is -0.474. The van der Waals surface area contributed by atoms with Gasteiger partial charge in [0.1, 0.15) is 5.82 Å². The Bertz CT molecular complexity index is 794. The first-order chi connectivity index (χ1) is 9.38. The summed E-state index contributed by atoms with van der Waals surface area (Å²) in [5.41, 5.74) is -1.37. The predicted octanol–water partition coefficient (Wildman–Crippen LogP) is 0.941. The van der Waals surface area contributed by atoms with Crippen LogP contribution in [0.1, 0.15) is 11.1 Å². The Labute approximate surface area is 111 Å². The summed E-state index contributed by atoms with van der Waals surface area (Å²) in [6.45, 7) is 1.65. The lowest BCUT2D eigenvalue weighted by molar-refractivity contribution is -0.386. The molecule has 0 aliphatic heterocycles. The number of benzene rings is 1. The van der Waals surface area contributed by atoms with Crippen LogP contribution >= 0.6 is 0 Å². The van der Waals surface area contributed by atoms with Crippen LogP contribution in [0, 0.1) is 22.9 Å². The third-order valence-electron chi connectivity index (χ3n) is 2.84. The normalized spacial score (nSPS) is 10.5. The molecule has 0 aliphatic rings. The standard InChI is InChI=1S/C12H10FN3O4/c1-7-2-3-9(13)4-8(7)5-15-6-10(16(19)20)11(17)14-12(15)18/h2-4,6H,5H2,1H3,(H,14,17,18). The van der Waals surface area contributed by atoms with Crippen LogP contribution in [0.2, 0.25) is 0 Å². The number of halogens is 1. The molecule has 0 saturated heterocycles. The van der Waals surface area contributed by atoms with Gasteiger partial charge in [0, 0.05) is 0 Å². The maximum absolute atomic E-state index is 13.2. The molecule has 1 N–H and O–H groups in total. The van der Waals surface area contributed by atoms with E-state index in [1.165, 1.54) is 18.2 Å². The maximum atomic E-state index is 13.2. The van der Waals surface area contributed by atoms with E-state index in [9.17, 15) is 24.1 Å². The van der Waals surface area contributed by atoms with E-state index >= 15 is 0 Å². The fourth-order valence-corrected chi connectivity index (χ4v) is 1.74. The van der Waals surface area contributed by atoms with E-state index in [1.807, 2.05) is 4.98 Å². The molecular weight excluding hydrogens is 269 g/mol. The SMILES string of the molecule is Cc1ccc(F)cc1Cn1cc([N+](=O)[O-])c(=O)[nH]c1=O. The summed E-state index contributed by atoms with van der Waals surface area (Å²) in [6.07, 6.45) is 0.853. The van der Waals surface area contributed by atoms with Gasteiger partial charge in [-0.3, -0.25) is 24.5 Å². The van der Waals surface area contributed by atoms with E-state index < -0.39 is 27.7 Å². The molecule has 1 aromatic carbocycles. The quantitative estimate of drug-likeness (QED) is 0.667. The lowest BCUT2D eigenvalue weighted by Crippen LogP contribution is -2.31. The Morgan fingerprint density at radius 2 is 2.10 bits per heavy atom.